The molecular weight excluding hydrogens is 471 g/mol. The lowest BCUT2D eigenvalue weighted by Gasteiger charge is -2.18. The number of benzene rings is 1. The van der Waals surface area contributed by atoms with Crippen molar-refractivity contribution in [2.75, 3.05) is 33.3 Å². The van der Waals surface area contributed by atoms with Gasteiger partial charge in [0.2, 0.25) is 5.91 Å². The molecule has 8 heteroatoms. The van der Waals surface area contributed by atoms with Crippen LogP contribution in [0.25, 0.3) is 0 Å². The average molecular weight is 502 g/mol. The van der Waals surface area contributed by atoms with Crippen molar-refractivity contribution in [1.29, 1.82) is 0 Å². The van der Waals surface area contributed by atoms with Crippen LogP contribution in [0.15, 0.2) is 29.3 Å². The molecule has 156 valence electrons. The Morgan fingerprint density at radius 3 is 2.57 bits per heavy atom. The smallest absolute Gasteiger partial charge is 0.337 e. The van der Waals surface area contributed by atoms with Crippen molar-refractivity contribution in [3.05, 3.63) is 35.4 Å². The van der Waals surface area contributed by atoms with Crippen LogP contribution in [0.1, 0.15) is 42.6 Å². The fourth-order valence-corrected chi connectivity index (χ4v) is 3.06. The average Bonchev–Trinajstić information content (AvgIpc) is 3.16. The molecule has 0 saturated carbocycles. The van der Waals surface area contributed by atoms with Crippen LogP contribution < -0.4 is 10.6 Å². The number of likely N-dealkylation sites (tertiary alicyclic amines) is 1. The maximum Gasteiger partial charge on any atom is 0.337 e. The predicted molar refractivity (Wildman–Crippen MR) is 121 cm³/mol. The van der Waals surface area contributed by atoms with Gasteiger partial charge in [0.15, 0.2) is 5.96 Å². The molecule has 2 rings (SSSR count). The molecule has 0 radical (unpaired) electrons. The van der Waals surface area contributed by atoms with Crippen LogP contribution in [0.2, 0.25) is 0 Å². The number of methoxy groups -OCH3 is 1. The van der Waals surface area contributed by atoms with Crippen molar-refractivity contribution in [2.24, 2.45) is 4.99 Å². The predicted octanol–water partition coefficient (Wildman–Crippen LogP) is 2.20. The van der Waals surface area contributed by atoms with E-state index < -0.39 is 0 Å². The lowest BCUT2D eigenvalue weighted by molar-refractivity contribution is -0.129. The number of amides is 1. The van der Waals surface area contributed by atoms with Gasteiger partial charge >= 0.3 is 5.97 Å². The number of rotatable bonds is 7. The maximum absolute atomic E-state index is 11.8. The van der Waals surface area contributed by atoms with E-state index in [2.05, 4.69) is 15.6 Å². The summed E-state index contributed by atoms with van der Waals surface area (Å²) in [5, 5.41) is 6.69. The second kappa shape index (κ2) is 12.6. The van der Waals surface area contributed by atoms with Crippen molar-refractivity contribution in [2.45, 2.75) is 39.2 Å². The van der Waals surface area contributed by atoms with Gasteiger partial charge in [-0.15, -0.1) is 24.0 Å². The summed E-state index contributed by atoms with van der Waals surface area (Å²) in [5.74, 6) is 0.654. The van der Waals surface area contributed by atoms with Gasteiger partial charge < -0.3 is 20.3 Å². The quantitative estimate of drug-likeness (QED) is 0.259. The number of esters is 1. The first-order chi connectivity index (χ1) is 13.1. The Balaban J connectivity index is 0.00000392. The fourth-order valence-electron chi connectivity index (χ4n) is 3.06. The number of carbonyl (C=O) groups excluding carboxylic acids is 2. The van der Waals surface area contributed by atoms with E-state index >= 15 is 0 Å². The highest BCUT2D eigenvalue weighted by Crippen LogP contribution is 2.10. The second-order valence-electron chi connectivity index (χ2n) is 6.52. The van der Waals surface area contributed by atoms with Gasteiger partial charge in [-0.05, 0) is 37.5 Å². The Labute approximate surface area is 184 Å². The molecule has 0 aromatic heterocycles. The van der Waals surface area contributed by atoms with Crippen molar-refractivity contribution in [3.63, 3.8) is 0 Å². The number of hydrogen-bond donors (Lipinski definition) is 2. The Bertz CT molecular complexity index is 664. The molecule has 1 aliphatic rings. The van der Waals surface area contributed by atoms with E-state index in [9.17, 15) is 9.59 Å². The molecule has 1 atom stereocenters. The SMILES string of the molecule is CCNC(=NCCc1ccc(C(=O)OC)cc1)NC1CCN(C(=O)CC)C1.I. The first-order valence-corrected chi connectivity index (χ1v) is 9.57. The number of hydrogen-bond acceptors (Lipinski definition) is 4. The molecule has 2 N–H and O–H groups in total. The van der Waals surface area contributed by atoms with Crippen molar-refractivity contribution >= 4 is 41.8 Å². The molecule has 1 aliphatic heterocycles. The summed E-state index contributed by atoms with van der Waals surface area (Å²) in [6.45, 7) is 6.88. The summed E-state index contributed by atoms with van der Waals surface area (Å²) in [7, 11) is 1.38. The summed E-state index contributed by atoms with van der Waals surface area (Å²) >= 11 is 0. The Kier molecular flexibility index (Phi) is 10.9. The van der Waals surface area contributed by atoms with E-state index in [0.29, 0.717) is 18.5 Å². The largest absolute Gasteiger partial charge is 0.465 e. The minimum absolute atomic E-state index is 0. The van der Waals surface area contributed by atoms with Crippen LogP contribution >= 0.6 is 24.0 Å². The number of nitrogens with zero attached hydrogens (tertiary/aromatic N) is 2. The van der Waals surface area contributed by atoms with Crippen LogP contribution in [-0.4, -0.2) is 62.1 Å². The molecule has 1 heterocycles. The molecular formula is C20H31IN4O3. The number of halogens is 1. The molecule has 0 spiro atoms. The topological polar surface area (TPSA) is 83.0 Å². The van der Waals surface area contributed by atoms with Gasteiger partial charge in [-0.1, -0.05) is 19.1 Å². The third-order valence-electron chi connectivity index (χ3n) is 4.57. The third-order valence-corrected chi connectivity index (χ3v) is 4.57. The van der Waals surface area contributed by atoms with E-state index in [1.165, 1.54) is 7.11 Å². The van der Waals surface area contributed by atoms with E-state index in [4.69, 9.17) is 4.74 Å². The summed E-state index contributed by atoms with van der Waals surface area (Å²) in [5.41, 5.74) is 1.66. The highest BCUT2D eigenvalue weighted by molar-refractivity contribution is 14.0. The van der Waals surface area contributed by atoms with Crippen LogP contribution in [-0.2, 0) is 16.0 Å². The summed E-state index contributed by atoms with van der Waals surface area (Å²) in [6, 6.07) is 7.62. The Hall–Kier alpha value is -1.84. The van der Waals surface area contributed by atoms with Crippen molar-refractivity contribution in [1.82, 2.24) is 15.5 Å². The lowest BCUT2D eigenvalue weighted by Crippen LogP contribution is -2.45. The fraction of sp³-hybridized carbons (Fsp3) is 0.550. The molecule has 0 bridgehead atoms. The van der Waals surface area contributed by atoms with Crippen molar-refractivity contribution < 1.29 is 14.3 Å². The normalized spacial score (nSPS) is 16.3. The highest BCUT2D eigenvalue weighted by Gasteiger charge is 2.25. The highest BCUT2D eigenvalue weighted by atomic mass is 127. The standard InChI is InChI=1S/C20H30N4O3.HI/c1-4-18(25)24-13-11-17(14-24)23-20(21-5-2)22-12-10-15-6-8-16(9-7-15)19(26)27-3;/h6-9,17H,4-5,10-14H2,1-3H3,(H2,21,22,23);1H. The summed E-state index contributed by atoms with van der Waals surface area (Å²) < 4.78 is 4.71. The second-order valence-corrected chi connectivity index (χ2v) is 6.52. The van der Waals surface area contributed by atoms with Gasteiger partial charge in [0.05, 0.1) is 12.7 Å². The number of nitrogens with one attached hydrogen (secondary N) is 2. The van der Waals surface area contributed by atoms with Gasteiger partial charge in [-0.2, -0.15) is 0 Å². The van der Waals surface area contributed by atoms with Gasteiger partial charge in [0.1, 0.15) is 0 Å². The molecule has 7 nitrogen and oxygen atoms in total. The lowest BCUT2D eigenvalue weighted by atomic mass is 10.1. The molecule has 1 unspecified atom stereocenters. The Morgan fingerprint density at radius 1 is 1.25 bits per heavy atom. The number of ether oxygens (including phenoxy) is 1. The number of carbonyl (C=O) groups is 2. The van der Waals surface area contributed by atoms with Gasteiger partial charge in [-0.3, -0.25) is 9.79 Å². The van der Waals surface area contributed by atoms with Crippen LogP contribution in [0.5, 0.6) is 0 Å². The molecule has 1 saturated heterocycles. The zero-order valence-electron chi connectivity index (χ0n) is 16.9. The summed E-state index contributed by atoms with van der Waals surface area (Å²) in [4.78, 5) is 29.8. The van der Waals surface area contributed by atoms with E-state index in [0.717, 1.165) is 44.0 Å². The van der Waals surface area contributed by atoms with E-state index in [1.54, 1.807) is 12.1 Å². The van der Waals surface area contributed by atoms with E-state index in [-0.39, 0.29) is 41.9 Å². The third kappa shape index (κ3) is 7.29. The zero-order valence-corrected chi connectivity index (χ0v) is 19.2. The van der Waals surface area contributed by atoms with Crippen LogP contribution in [0.3, 0.4) is 0 Å². The molecule has 28 heavy (non-hydrogen) atoms. The number of aliphatic imine (C=N–C) groups is 1. The monoisotopic (exact) mass is 502 g/mol. The maximum atomic E-state index is 11.8. The molecule has 1 fully saturated rings. The van der Waals surface area contributed by atoms with Gasteiger partial charge in [0.25, 0.3) is 0 Å². The summed E-state index contributed by atoms with van der Waals surface area (Å²) in [6.07, 6.45) is 2.27. The van der Waals surface area contributed by atoms with Gasteiger partial charge in [-0.25, -0.2) is 4.79 Å². The van der Waals surface area contributed by atoms with Crippen LogP contribution in [0.4, 0.5) is 0 Å². The minimum Gasteiger partial charge on any atom is -0.465 e. The Morgan fingerprint density at radius 2 is 1.96 bits per heavy atom. The molecule has 1 amide bonds. The minimum atomic E-state index is -0.328. The van der Waals surface area contributed by atoms with Crippen LogP contribution in [0, 0.1) is 0 Å². The molecule has 1 aromatic rings. The first kappa shape index (κ1) is 24.2. The molecule has 1 aromatic carbocycles. The number of guanidine groups is 1. The zero-order chi connectivity index (χ0) is 19.6. The first-order valence-electron chi connectivity index (χ1n) is 9.57. The molecule has 0 aliphatic carbocycles. The van der Waals surface area contributed by atoms with E-state index in [1.807, 2.05) is 30.9 Å². The van der Waals surface area contributed by atoms with Crippen molar-refractivity contribution in [3.8, 4) is 0 Å². The van der Waals surface area contributed by atoms with Gasteiger partial charge in [0, 0.05) is 38.6 Å².